The number of piperazine rings is 1. The highest BCUT2D eigenvalue weighted by Crippen LogP contribution is 2.29. The van der Waals surface area contributed by atoms with Crippen LogP contribution >= 0.6 is 0 Å². The van der Waals surface area contributed by atoms with E-state index in [1.807, 2.05) is 11.0 Å². The first-order valence-electron chi connectivity index (χ1n) is 13.0. The largest absolute Gasteiger partial charge is 0.368 e. The van der Waals surface area contributed by atoms with E-state index in [1.165, 1.54) is 23.3 Å². The van der Waals surface area contributed by atoms with Crippen LogP contribution in [0.3, 0.4) is 0 Å². The molecular formula is C30H33FN4O2. The summed E-state index contributed by atoms with van der Waals surface area (Å²) in [5.74, 6) is -1.12. The number of benzene rings is 3. The zero-order valence-corrected chi connectivity index (χ0v) is 21.3. The van der Waals surface area contributed by atoms with Gasteiger partial charge < -0.3 is 15.1 Å². The van der Waals surface area contributed by atoms with Crippen LogP contribution in [-0.4, -0.2) is 60.9 Å². The summed E-state index contributed by atoms with van der Waals surface area (Å²) in [5.41, 5.74) is 4.49. The second-order valence-electron chi connectivity index (χ2n) is 9.91. The van der Waals surface area contributed by atoms with Gasteiger partial charge in [-0.05, 0) is 55.7 Å². The minimum atomic E-state index is -0.575. The Morgan fingerprint density at radius 1 is 0.838 bits per heavy atom. The first-order chi connectivity index (χ1) is 18.0. The lowest BCUT2D eigenvalue weighted by Crippen LogP contribution is -2.46. The Hall–Kier alpha value is -3.71. The van der Waals surface area contributed by atoms with Crippen molar-refractivity contribution in [2.45, 2.75) is 26.3 Å². The summed E-state index contributed by atoms with van der Waals surface area (Å²) in [4.78, 5) is 32.8. The molecule has 2 fully saturated rings. The molecule has 3 aromatic rings. The predicted octanol–water partition coefficient (Wildman–Crippen LogP) is 4.94. The fourth-order valence-electron chi connectivity index (χ4n) is 5.09. The second kappa shape index (κ2) is 11.1. The van der Waals surface area contributed by atoms with Crippen molar-refractivity contribution in [1.82, 2.24) is 9.80 Å². The highest BCUT2D eigenvalue weighted by Gasteiger charge is 2.26. The van der Waals surface area contributed by atoms with Gasteiger partial charge in [0.25, 0.3) is 11.8 Å². The van der Waals surface area contributed by atoms with Crippen LogP contribution in [0.4, 0.5) is 15.8 Å². The fourth-order valence-corrected chi connectivity index (χ4v) is 5.09. The SMILES string of the molecule is Cc1ccc(CN2CCN(c3ccc(NC(=O)c4ccccc4F)cc3C(=O)N3CCCC3)CC2)cc1. The molecule has 0 saturated carbocycles. The van der Waals surface area contributed by atoms with E-state index in [1.54, 1.807) is 24.3 Å². The molecule has 2 heterocycles. The molecule has 0 radical (unpaired) electrons. The molecule has 0 bridgehead atoms. The van der Waals surface area contributed by atoms with Crippen molar-refractivity contribution in [3.05, 3.63) is 94.8 Å². The minimum absolute atomic E-state index is 0.0171. The fraction of sp³-hybridized carbons (Fsp3) is 0.333. The van der Waals surface area contributed by atoms with E-state index in [0.29, 0.717) is 11.3 Å². The molecular weight excluding hydrogens is 467 g/mol. The van der Waals surface area contributed by atoms with Gasteiger partial charge in [0.05, 0.1) is 11.1 Å². The van der Waals surface area contributed by atoms with Crippen molar-refractivity contribution >= 4 is 23.2 Å². The first-order valence-corrected chi connectivity index (χ1v) is 13.0. The zero-order chi connectivity index (χ0) is 25.8. The topological polar surface area (TPSA) is 55.9 Å². The Bertz CT molecular complexity index is 1260. The highest BCUT2D eigenvalue weighted by atomic mass is 19.1. The number of hydrogen-bond donors (Lipinski definition) is 1. The smallest absolute Gasteiger partial charge is 0.258 e. The van der Waals surface area contributed by atoms with Crippen molar-refractivity contribution in [3.63, 3.8) is 0 Å². The van der Waals surface area contributed by atoms with Gasteiger partial charge in [-0.1, -0.05) is 42.0 Å². The maximum atomic E-state index is 14.1. The molecule has 192 valence electrons. The number of amides is 2. The lowest BCUT2D eigenvalue weighted by molar-refractivity contribution is 0.0792. The van der Waals surface area contributed by atoms with Crippen molar-refractivity contribution in [3.8, 4) is 0 Å². The quantitative estimate of drug-likeness (QED) is 0.521. The highest BCUT2D eigenvalue weighted by molar-refractivity contribution is 6.06. The zero-order valence-electron chi connectivity index (χ0n) is 21.3. The van der Waals surface area contributed by atoms with Crippen LogP contribution < -0.4 is 10.2 Å². The van der Waals surface area contributed by atoms with Crippen LogP contribution in [0, 0.1) is 12.7 Å². The number of aryl methyl sites for hydroxylation is 1. The number of carbonyl (C=O) groups excluding carboxylic acids is 2. The summed E-state index contributed by atoms with van der Waals surface area (Å²) < 4.78 is 14.1. The van der Waals surface area contributed by atoms with E-state index in [0.717, 1.165) is 64.3 Å². The lowest BCUT2D eigenvalue weighted by atomic mass is 10.1. The number of carbonyl (C=O) groups is 2. The molecule has 1 N–H and O–H groups in total. The van der Waals surface area contributed by atoms with Crippen LogP contribution in [0.25, 0.3) is 0 Å². The molecule has 0 aliphatic carbocycles. The summed E-state index contributed by atoms with van der Waals surface area (Å²) in [6, 6.07) is 20.0. The van der Waals surface area contributed by atoms with Crippen molar-refractivity contribution in [1.29, 1.82) is 0 Å². The monoisotopic (exact) mass is 500 g/mol. The van der Waals surface area contributed by atoms with Gasteiger partial charge in [-0.15, -0.1) is 0 Å². The van der Waals surface area contributed by atoms with E-state index >= 15 is 0 Å². The summed E-state index contributed by atoms with van der Waals surface area (Å²) in [6.45, 7) is 7.92. The predicted molar refractivity (Wildman–Crippen MR) is 145 cm³/mol. The molecule has 7 heteroatoms. The number of nitrogens with zero attached hydrogens (tertiary/aromatic N) is 3. The van der Waals surface area contributed by atoms with Gasteiger partial charge in [0.1, 0.15) is 5.82 Å². The van der Waals surface area contributed by atoms with Gasteiger partial charge in [-0.25, -0.2) is 4.39 Å². The van der Waals surface area contributed by atoms with Gasteiger partial charge in [0.15, 0.2) is 0 Å². The molecule has 37 heavy (non-hydrogen) atoms. The molecule has 2 amide bonds. The summed E-state index contributed by atoms with van der Waals surface area (Å²) in [5, 5.41) is 2.78. The number of hydrogen-bond acceptors (Lipinski definition) is 4. The Morgan fingerprint density at radius 2 is 1.54 bits per heavy atom. The van der Waals surface area contributed by atoms with Crippen molar-refractivity contribution in [2.75, 3.05) is 49.5 Å². The van der Waals surface area contributed by atoms with Crippen LogP contribution in [0.5, 0.6) is 0 Å². The molecule has 6 nitrogen and oxygen atoms in total. The third-order valence-corrected chi connectivity index (χ3v) is 7.24. The van der Waals surface area contributed by atoms with E-state index in [-0.39, 0.29) is 11.5 Å². The van der Waals surface area contributed by atoms with E-state index < -0.39 is 11.7 Å². The van der Waals surface area contributed by atoms with E-state index in [9.17, 15) is 14.0 Å². The Labute approximate surface area is 217 Å². The van der Waals surface area contributed by atoms with Crippen LogP contribution in [0.1, 0.15) is 44.7 Å². The molecule has 3 aromatic carbocycles. The van der Waals surface area contributed by atoms with Crippen LogP contribution in [-0.2, 0) is 6.54 Å². The standard InChI is InChI=1S/C30H33FN4O2/c1-22-8-10-23(11-9-22)21-33-16-18-34(19-17-33)28-13-12-24(20-26(28)30(37)35-14-4-5-15-35)32-29(36)25-6-2-3-7-27(25)31/h2-3,6-13,20H,4-5,14-19,21H2,1H3,(H,32,36). The summed E-state index contributed by atoms with van der Waals surface area (Å²) in [7, 11) is 0. The van der Waals surface area contributed by atoms with Gasteiger partial charge >= 0.3 is 0 Å². The number of halogens is 1. The van der Waals surface area contributed by atoms with Crippen molar-refractivity contribution < 1.29 is 14.0 Å². The molecule has 5 rings (SSSR count). The average molecular weight is 501 g/mol. The van der Waals surface area contributed by atoms with Crippen molar-refractivity contribution in [2.24, 2.45) is 0 Å². The lowest BCUT2D eigenvalue weighted by Gasteiger charge is -2.37. The Morgan fingerprint density at radius 3 is 2.24 bits per heavy atom. The Kier molecular flexibility index (Phi) is 7.51. The molecule has 0 aromatic heterocycles. The van der Waals surface area contributed by atoms with Gasteiger partial charge in [-0.2, -0.15) is 0 Å². The maximum Gasteiger partial charge on any atom is 0.258 e. The second-order valence-corrected chi connectivity index (χ2v) is 9.91. The summed E-state index contributed by atoms with van der Waals surface area (Å²) >= 11 is 0. The third-order valence-electron chi connectivity index (χ3n) is 7.24. The van der Waals surface area contributed by atoms with E-state index in [4.69, 9.17) is 0 Å². The molecule has 2 aliphatic heterocycles. The Balaban J connectivity index is 1.33. The molecule has 2 aliphatic rings. The number of anilines is 2. The normalized spacial score (nSPS) is 16.2. The molecule has 0 atom stereocenters. The maximum absolute atomic E-state index is 14.1. The molecule has 2 saturated heterocycles. The van der Waals surface area contributed by atoms with Crippen LogP contribution in [0.2, 0.25) is 0 Å². The molecule has 0 spiro atoms. The minimum Gasteiger partial charge on any atom is -0.368 e. The van der Waals surface area contributed by atoms with Gasteiger partial charge in [0, 0.05) is 57.2 Å². The average Bonchev–Trinajstić information content (AvgIpc) is 3.45. The molecule has 0 unspecified atom stereocenters. The number of rotatable bonds is 6. The van der Waals surface area contributed by atoms with Crippen LogP contribution in [0.15, 0.2) is 66.7 Å². The third kappa shape index (κ3) is 5.83. The first kappa shape index (κ1) is 25.0. The van der Waals surface area contributed by atoms with Gasteiger partial charge in [-0.3, -0.25) is 14.5 Å². The number of likely N-dealkylation sites (tertiary alicyclic amines) is 1. The number of nitrogens with one attached hydrogen (secondary N) is 1. The summed E-state index contributed by atoms with van der Waals surface area (Å²) in [6.07, 6.45) is 2.00. The van der Waals surface area contributed by atoms with Gasteiger partial charge in [0.2, 0.25) is 0 Å². The van der Waals surface area contributed by atoms with E-state index in [2.05, 4.69) is 46.3 Å².